The first kappa shape index (κ1) is 23.7. The molecule has 2 N–H and O–H groups in total. The van der Waals surface area contributed by atoms with Crippen LogP contribution in [-0.4, -0.2) is 42.2 Å². The molecule has 0 spiro atoms. The van der Waals surface area contributed by atoms with Crippen LogP contribution in [0.1, 0.15) is 34.5 Å². The van der Waals surface area contributed by atoms with Gasteiger partial charge in [-0.25, -0.2) is 8.42 Å². The number of hydrogen-bond acceptors (Lipinski definition) is 4. The summed E-state index contributed by atoms with van der Waals surface area (Å²) in [4.78, 5) is 25.6. The van der Waals surface area contributed by atoms with Crippen LogP contribution in [0.3, 0.4) is 0 Å². The zero-order valence-electron chi connectivity index (χ0n) is 19.0. The fourth-order valence-electron chi connectivity index (χ4n) is 4.06. The van der Waals surface area contributed by atoms with Gasteiger partial charge in [0.25, 0.3) is 5.91 Å². The Morgan fingerprint density at radius 2 is 1.71 bits per heavy atom. The van der Waals surface area contributed by atoms with E-state index in [2.05, 4.69) is 10.9 Å². The maximum absolute atomic E-state index is 13.0. The van der Waals surface area contributed by atoms with E-state index in [0.717, 1.165) is 11.1 Å². The minimum atomic E-state index is -3.68. The van der Waals surface area contributed by atoms with Gasteiger partial charge >= 0.3 is 0 Å². The predicted octanol–water partition coefficient (Wildman–Crippen LogP) is 2.71. The molecule has 0 unspecified atom stereocenters. The van der Waals surface area contributed by atoms with E-state index in [1.54, 1.807) is 47.2 Å². The number of benzene rings is 2. The van der Waals surface area contributed by atoms with Crippen LogP contribution in [0.25, 0.3) is 0 Å². The van der Waals surface area contributed by atoms with E-state index in [9.17, 15) is 18.0 Å². The molecule has 0 saturated carbocycles. The molecule has 9 heteroatoms. The van der Waals surface area contributed by atoms with Crippen molar-refractivity contribution in [3.05, 3.63) is 89.7 Å². The second-order valence-corrected chi connectivity index (χ2v) is 10.4. The van der Waals surface area contributed by atoms with Crippen LogP contribution in [0.15, 0.2) is 77.8 Å². The van der Waals surface area contributed by atoms with Crippen molar-refractivity contribution < 1.29 is 18.0 Å². The van der Waals surface area contributed by atoms with Crippen LogP contribution in [0.4, 0.5) is 0 Å². The third-order valence-electron chi connectivity index (χ3n) is 5.97. The van der Waals surface area contributed by atoms with Gasteiger partial charge in [0.2, 0.25) is 15.9 Å². The Labute approximate surface area is 199 Å². The zero-order valence-corrected chi connectivity index (χ0v) is 19.8. The number of sulfonamides is 1. The van der Waals surface area contributed by atoms with Crippen molar-refractivity contribution in [2.45, 2.75) is 31.2 Å². The smallest absolute Gasteiger partial charge is 0.286 e. The van der Waals surface area contributed by atoms with Gasteiger partial charge in [0, 0.05) is 25.8 Å². The van der Waals surface area contributed by atoms with Crippen LogP contribution in [0, 0.1) is 12.8 Å². The first-order valence-corrected chi connectivity index (χ1v) is 12.6. The SMILES string of the molecule is Cc1ccc(S(=O)(=O)N2CCC[C@H](C(=O)NNC(=O)c3cccn3Cc3ccccc3)C2)cc1. The number of piperidine rings is 1. The number of aromatic nitrogens is 1. The molecule has 1 aromatic heterocycles. The average molecular weight is 481 g/mol. The summed E-state index contributed by atoms with van der Waals surface area (Å²) in [5.74, 6) is -1.39. The summed E-state index contributed by atoms with van der Waals surface area (Å²) < 4.78 is 29.1. The van der Waals surface area contributed by atoms with Gasteiger partial charge < -0.3 is 4.57 Å². The van der Waals surface area contributed by atoms with Gasteiger partial charge in [-0.1, -0.05) is 48.0 Å². The fourth-order valence-corrected chi connectivity index (χ4v) is 5.58. The highest BCUT2D eigenvalue weighted by molar-refractivity contribution is 7.89. The highest BCUT2D eigenvalue weighted by atomic mass is 32.2. The number of rotatable bonds is 6. The van der Waals surface area contributed by atoms with Crippen LogP contribution in [0.5, 0.6) is 0 Å². The first-order valence-electron chi connectivity index (χ1n) is 11.2. The molecule has 8 nitrogen and oxygen atoms in total. The molecular weight excluding hydrogens is 452 g/mol. The van der Waals surface area contributed by atoms with E-state index < -0.39 is 27.8 Å². The molecule has 1 atom stereocenters. The van der Waals surface area contributed by atoms with Gasteiger partial charge in [-0.05, 0) is 49.6 Å². The molecule has 34 heavy (non-hydrogen) atoms. The van der Waals surface area contributed by atoms with Gasteiger partial charge in [0.1, 0.15) is 5.69 Å². The third kappa shape index (κ3) is 5.37. The molecule has 0 aliphatic carbocycles. The first-order chi connectivity index (χ1) is 16.3. The summed E-state index contributed by atoms with van der Waals surface area (Å²) in [6.07, 6.45) is 2.92. The summed E-state index contributed by atoms with van der Waals surface area (Å²) in [6, 6.07) is 19.9. The summed E-state index contributed by atoms with van der Waals surface area (Å²) in [7, 11) is -3.68. The largest absolute Gasteiger partial charge is 0.339 e. The Kier molecular flexibility index (Phi) is 7.14. The number of aryl methyl sites for hydroxylation is 1. The van der Waals surface area contributed by atoms with Crippen molar-refractivity contribution in [1.82, 2.24) is 19.7 Å². The molecule has 1 aliphatic heterocycles. The maximum atomic E-state index is 13.0. The van der Waals surface area contributed by atoms with Gasteiger partial charge in [0.15, 0.2) is 0 Å². The molecule has 3 aromatic rings. The van der Waals surface area contributed by atoms with E-state index in [1.165, 1.54) is 4.31 Å². The monoisotopic (exact) mass is 480 g/mol. The van der Waals surface area contributed by atoms with Gasteiger partial charge in [-0.2, -0.15) is 4.31 Å². The molecule has 1 aliphatic rings. The van der Waals surface area contributed by atoms with Gasteiger partial charge in [-0.15, -0.1) is 0 Å². The number of nitrogens with one attached hydrogen (secondary N) is 2. The number of hydrogen-bond donors (Lipinski definition) is 2. The van der Waals surface area contributed by atoms with Crippen molar-refractivity contribution >= 4 is 21.8 Å². The maximum Gasteiger partial charge on any atom is 0.286 e. The quantitative estimate of drug-likeness (QED) is 0.530. The number of amides is 2. The Morgan fingerprint density at radius 1 is 0.971 bits per heavy atom. The van der Waals surface area contributed by atoms with Crippen LogP contribution in [0.2, 0.25) is 0 Å². The standard InChI is InChI=1S/C25H28N4O4S/c1-19-11-13-22(14-12-19)34(32,33)29-16-5-9-21(18-29)24(30)26-27-25(31)23-10-6-15-28(23)17-20-7-3-2-4-8-20/h2-4,6-8,10-15,21H,5,9,16-18H2,1H3,(H,26,30)(H,27,31)/t21-/m0/s1. The fraction of sp³-hybridized carbons (Fsp3) is 0.280. The van der Waals surface area contributed by atoms with Gasteiger partial charge in [0.05, 0.1) is 10.8 Å². The summed E-state index contributed by atoms with van der Waals surface area (Å²) in [5, 5.41) is 0. The van der Waals surface area contributed by atoms with Crippen LogP contribution < -0.4 is 10.9 Å². The molecule has 2 heterocycles. The molecule has 1 fully saturated rings. The second kappa shape index (κ2) is 10.2. The lowest BCUT2D eigenvalue weighted by Crippen LogP contribution is -2.50. The molecule has 4 rings (SSSR count). The number of hydrazine groups is 1. The number of nitrogens with zero attached hydrogens (tertiary/aromatic N) is 2. The van der Waals surface area contributed by atoms with E-state index >= 15 is 0 Å². The van der Waals surface area contributed by atoms with Gasteiger partial charge in [-0.3, -0.25) is 20.4 Å². The zero-order chi connectivity index (χ0) is 24.1. The molecule has 0 bridgehead atoms. The third-order valence-corrected chi connectivity index (χ3v) is 7.85. The Hall–Kier alpha value is -3.43. The topological polar surface area (TPSA) is 101 Å². The second-order valence-electron chi connectivity index (χ2n) is 8.47. The molecule has 178 valence electrons. The minimum absolute atomic E-state index is 0.0717. The van der Waals surface area contributed by atoms with Crippen molar-refractivity contribution in [2.24, 2.45) is 5.92 Å². The van der Waals surface area contributed by atoms with E-state index in [1.807, 2.05) is 37.3 Å². The lowest BCUT2D eigenvalue weighted by atomic mass is 9.99. The number of carbonyl (C=O) groups is 2. The number of carbonyl (C=O) groups excluding carboxylic acids is 2. The van der Waals surface area contributed by atoms with E-state index in [0.29, 0.717) is 31.6 Å². The lowest BCUT2D eigenvalue weighted by Gasteiger charge is -2.31. The highest BCUT2D eigenvalue weighted by Gasteiger charge is 2.33. The predicted molar refractivity (Wildman–Crippen MR) is 128 cm³/mol. The summed E-state index contributed by atoms with van der Waals surface area (Å²) in [5.41, 5.74) is 7.39. The van der Waals surface area contributed by atoms with Crippen LogP contribution >= 0.6 is 0 Å². The van der Waals surface area contributed by atoms with Crippen molar-refractivity contribution in [1.29, 1.82) is 0 Å². The Balaban J connectivity index is 1.36. The molecule has 1 saturated heterocycles. The van der Waals surface area contributed by atoms with E-state index in [4.69, 9.17) is 0 Å². The van der Waals surface area contributed by atoms with Crippen molar-refractivity contribution in [3.63, 3.8) is 0 Å². The summed E-state index contributed by atoms with van der Waals surface area (Å²) >= 11 is 0. The minimum Gasteiger partial charge on any atom is -0.339 e. The summed E-state index contributed by atoms with van der Waals surface area (Å²) in [6.45, 7) is 2.85. The van der Waals surface area contributed by atoms with Crippen LogP contribution in [-0.2, 0) is 21.4 Å². The molecule has 2 amide bonds. The van der Waals surface area contributed by atoms with E-state index in [-0.39, 0.29) is 11.4 Å². The van der Waals surface area contributed by atoms with Crippen molar-refractivity contribution in [3.8, 4) is 0 Å². The highest BCUT2D eigenvalue weighted by Crippen LogP contribution is 2.24. The molecule has 0 radical (unpaired) electrons. The van der Waals surface area contributed by atoms with Crippen molar-refractivity contribution in [2.75, 3.05) is 13.1 Å². The molecular formula is C25H28N4O4S. The lowest BCUT2D eigenvalue weighted by molar-refractivity contribution is -0.126. The Bertz CT molecular complexity index is 1250. The average Bonchev–Trinajstić information content (AvgIpc) is 3.31. The normalized spacial score (nSPS) is 16.7. The molecule has 2 aromatic carbocycles. The Morgan fingerprint density at radius 3 is 2.44 bits per heavy atom.